The van der Waals surface area contributed by atoms with Crippen LogP contribution in [0, 0.1) is 47.3 Å². The Balaban J connectivity index is 0.000000175. The normalized spacial score (nSPS) is 35.1. The highest BCUT2D eigenvalue weighted by molar-refractivity contribution is 7.91. The van der Waals surface area contributed by atoms with Crippen LogP contribution in [0.2, 0.25) is 10.0 Å². The minimum Gasteiger partial charge on any atom is -0.490 e. The highest BCUT2D eigenvalue weighted by Gasteiger charge is 2.47. The second-order valence-corrected chi connectivity index (χ2v) is 31.1. The molecule has 84 heavy (non-hydrogen) atoms. The van der Waals surface area contributed by atoms with Crippen LogP contribution in [0.4, 0.5) is 11.4 Å². The molecule has 4 aliphatic heterocycles. The van der Waals surface area contributed by atoms with Crippen molar-refractivity contribution in [2.24, 2.45) is 47.3 Å². The Morgan fingerprint density at radius 3 is 1.33 bits per heavy atom. The van der Waals surface area contributed by atoms with E-state index in [9.17, 15) is 36.6 Å². The molecule has 4 bridgehead atoms. The zero-order valence-corrected chi connectivity index (χ0v) is 52.3. The van der Waals surface area contributed by atoms with Crippen molar-refractivity contribution in [2.45, 2.75) is 139 Å². The number of sulfonamides is 2. The molecule has 4 aliphatic carbocycles. The number of hydrogen-bond donors (Lipinski definition) is 4. The maximum absolute atomic E-state index is 13.4. The van der Waals surface area contributed by atoms with Gasteiger partial charge in [-0.25, -0.2) is 26.3 Å². The van der Waals surface area contributed by atoms with Crippen molar-refractivity contribution in [2.75, 3.05) is 49.2 Å². The third-order valence-corrected chi connectivity index (χ3v) is 25.4. The molecule has 4 aromatic carbocycles. The highest BCUT2D eigenvalue weighted by Crippen LogP contribution is 2.49. The van der Waals surface area contributed by atoms with Crippen molar-refractivity contribution >= 4 is 66.4 Å². The van der Waals surface area contributed by atoms with Crippen molar-refractivity contribution in [1.82, 2.24) is 9.44 Å². The molecule has 452 valence electrons. The van der Waals surface area contributed by atoms with E-state index in [1.165, 1.54) is 22.3 Å². The van der Waals surface area contributed by atoms with Crippen LogP contribution >= 0.6 is 23.2 Å². The summed E-state index contributed by atoms with van der Waals surface area (Å²) < 4.78 is 70.8. The number of nitrogens with one attached hydrogen (secondary N) is 2. The first kappa shape index (κ1) is 60.6. The van der Waals surface area contributed by atoms with Gasteiger partial charge in [0.2, 0.25) is 20.0 Å². The minimum atomic E-state index is -3.94. The van der Waals surface area contributed by atoms with Crippen LogP contribution in [-0.4, -0.2) is 101 Å². The van der Waals surface area contributed by atoms with Gasteiger partial charge in [-0.2, -0.15) is 0 Å². The van der Waals surface area contributed by atoms with Gasteiger partial charge in [-0.15, -0.1) is 0 Å². The number of allylic oxidation sites excluding steroid dienone is 2. The van der Waals surface area contributed by atoms with Crippen LogP contribution in [0.5, 0.6) is 11.5 Å². The number of hydrogen-bond acceptors (Lipinski definition) is 12. The average molecular weight is 1230 g/mol. The number of ether oxygens (including phenoxy) is 2. The van der Waals surface area contributed by atoms with Crippen molar-refractivity contribution < 1.29 is 46.1 Å². The number of halogens is 2. The van der Waals surface area contributed by atoms with Crippen molar-refractivity contribution in [1.29, 1.82) is 0 Å². The van der Waals surface area contributed by atoms with E-state index in [4.69, 9.17) is 32.7 Å². The van der Waals surface area contributed by atoms with Crippen LogP contribution in [0.1, 0.15) is 136 Å². The van der Waals surface area contributed by atoms with Gasteiger partial charge in [0.05, 0.1) is 47.3 Å². The molecule has 2 spiro atoms. The molecule has 18 heteroatoms. The van der Waals surface area contributed by atoms with Gasteiger partial charge in [0.1, 0.15) is 11.5 Å². The van der Waals surface area contributed by atoms with E-state index in [-0.39, 0.29) is 69.3 Å². The lowest BCUT2D eigenvalue weighted by molar-refractivity contribution is 0.0452. The molecule has 8 aliphatic rings. The molecular formula is C66H82Cl2N4O10S2. The molecule has 12 rings (SSSR count). The quantitative estimate of drug-likeness (QED) is 0.122. The summed E-state index contributed by atoms with van der Waals surface area (Å²) in [7, 11) is -7.89. The Morgan fingerprint density at radius 2 is 0.952 bits per heavy atom. The van der Waals surface area contributed by atoms with Gasteiger partial charge >= 0.3 is 0 Å². The van der Waals surface area contributed by atoms with Crippen molar-refractivity contribution in [3.63, 3.8) is 0 Å². The fourth-order valence-corrected chi connectivity index (χ4v) is 18.0. The Kier molecular flexibility index (Phi) is 17.2. The summed E-state index contributed by atoms with van der Waals surface area (Å²) in [6.45, 7) is 14.7. The SMILES string of the molecule is C[C@@H]1[C@@H](C)S(=O)(=O)NC(=O)c2ccc3c(c2)N(C[C@@H]2CC[C@H]2[C@@H](O)/C=C/[C@@H]1C)C[C@@]1(CCCc2cc(Cl)ccc21)CO3.C[C@H]1[C@H](C)/C=C/[C@H](O)[C@@H]2CC[C@H]2CN2C[C@@]3(CCCc4cc(Cl)ccc43)COc3ccc(cc32)C(=O)NS(=O)(=O)[C@@H]1C. The lowest BCUT2D eigenvalue weighted by Crippen LogP contribution is -2.49. The van der Waals surface area contributed by atoms with Gasteiger partial charge in [0.25, 0.3) is 11.8 Å². The summed E-state index contributed by atoms with van der Waals surface area (Å²) in [5.41, 5.74) is 6.63. The molecule has 14 atom stereocenters. The number of carbonyl (C=O) groups excluding carboxylic acids is 2. The summed E-state index contributed by atoms with van der Waals surface area (Å²) in [6, 6.07) is 22.8. The first-order chi connectivity index (χ1) is 39.9. The summed E-state index contributed by atoms with van der Waals surface area (Å²) in [6.07, 6.45) is 16.2. The zero-order valence-electron chi connectivity index (χ0n) is 49.1. The van der Waals surface area contributed by atoms with E-state index in [1.807, 2.05) is 64.1 Å². The minimum absolute atomic E-state index is 0.0962. The number of rotatable bonds is 0. The number of amides is 2. The molecule has 0 unspecified atom stereocenters. The molecule has 4 N–H and O–H groups in total. The summed E-state index contributed by atoms with van der Waals surface area (Å²) in [4.78, 5) is 31.4. The van der Waals surface area contributed by atoms with Crippen LogP contribution in [-0.2, 0) is 43.7 Å². The fourth-order valence-electron chi connectivity index (χ4n) is 14.8. The largest absolute Gasteiger partial charge is 0.490 e. The van der Waals surface area contributed by atoms with Crippen molar-refractivity contribution in [3.8, 4) is 11.5 Å². The molecular weight excluding hydrogens is 1140 g/mol. The summed E-state index contributed by atoms with van der Waals surface area (Å²) in [5, 5.41) is 22.3. The van der Waals surface area contributed by atoms with Crippen molar-refractivity contribution in [3.05, 3.63) is 141 Å². The predicted octanol–water partition coefficient (Wildman–Crippen LogP) is 11.0. The van der Waals surface area contributed by atoms with E-state index < -0.39 is 54.6 Å². The summed E-state index contributed by atoms with van der Waals surface area (Å²) in [5.74, 6) is 0.158. The van der Waals surface area contributed by atoms with E-state index >= 15 is 0 Å². The predicted molar refractivity (Wildman–Crippen MR) is 332 cm³/mol. The topological polar surface area (TPSA) is 192 Å². The smallest absolute Gasteiger partial charge is 0.264 e. The molecule has 0 saturated heterocycles. The number of aliphatic hydroxyl groups excluding tert-OH is 2. The number of aliphatic hydroxyl groups is 2. The molecule has 2 amide bonds. The number of fused-ring (bicyclic) bond motifs is 8. The maximum atomic E-state index is 13.4. The van der Waals surface area contributed by atoms with Crippen LogP contribution in [0.15, 0.2) is 97.1 Å². The molecule has 0 radical (unpaired) electrons. The third kappa shape index (κ3) is 11.9. The molecule has 2 saturated carbocycles. The van der Waals surface area contributed by atoms with E-state index in [2.05, 4.69) is 43.5 Å². The summed E-state index contributed by atoms with van der Waals surface area (Å²) >= 11 is 12.8. The zero-order chi connectivity index (χ0) is 59.6. The number of aryl methyl sites for hydroxylation is 2. The van der Waals surface area contributed by atoms with E-state index in [0.29, 0.717) is 50.9 Å². The Bertz CT molecular complexity index is 3240. The first-order valence-corrected chi connectivity index (χ1v) is 34.3. The van der Waals surface area contributed by atoms with E-state index in [0.717, 1.165) is 85.6 Å². The number of anilines is 2. The van der Waals surface area contributed by atoms with Crippen LogP contribution < -0.4 is 28.7 Å². The molecule has 2 fully saturated rings. The number of nitrogens with zero attached hydrogens (tertiary/aromatic N) is 2. The Labute approximate surface area is 506 Å². The third-order valence-electron chi connectivity index (χ3n) is 21.2. The highest BCUT2D eigenvalue weighted by atomic mass is 35.5. The Hall–Kier alpha value is -5.10. The van der Waals surface area contributed by atoms with Gasteiger partial charge in [0, 0.05) is 58.2 Å². The van der Waals surface area contributed by atoms with Gasteiger partial charge in [-0.05, 0) is 208 Å². The lowest BCUT2D eigenvalue weighted by atomic mass is 9.68. The second-order valence-electron chi connectivity index (χ2n) is 26.1. The first-order valence-electron chi connectivity index (χ1n) is 30.4. The average Bonchev–Trinajstić information content (AvgIpc) is 3.55. The van der Waals surface area contributed by atoms with Gasteiger partial charge < -0.3 is 29.5 Å². The van der Waals surface area contributed by atoms with Crippen LogP contribution in [0.3, 0.4) is 0 Å². The maximum Gasteiger partial charge on any atom is 0.264 e. The Morgan fingerprint density at radius 1 is 0.548 bits per heavy atom. The monoisotopic (exact) mass is 1220 g/mol. The fraction of sp³-hybridized carbons (Fsp3) is 0.545. The standard InChI is InChI=1S/2C33H41ClN2O5S/c2*1-20-6-12-30(37)27-10-7-25(27)17-36-18-33(14-4-5-23-15-26(34)9-11-28(23)33)19-41-31-13-8-24(16-29(31)36)32(38)35-42(39,40)22(3)21(20)2/h2*6,8-9,11-13,15-16,20-22,25,27,30,37H,4-5,7,10,14,17-19H2,1-3H3,(H,35,38)/b2*12-6+/t20-,21+,22-,25+,27-,30+,33+;20-,21-,22+,25-,27+,30-,33-/m10/s1. The van der Waals surface area contributed by atoms with Gasteiger partial charge in [-0.3, -0.25) is 9.59 Å². The van der Waals surface area contributed by atoms with Gasteiger partial charge in [0.15, 0.2) is 0 Å². The molecule has 4 aromatic rings. The lowest BCUT2D eigenvalue weighted by Gasteiger charge is -2.45. The number of benzene rings is 4. The van der Waals surface area contributed by atoms with Crippen LogP contribution in [0.25, 0.3) is 0 Å². The van der Waals surface area contributed by atoms with Gasteiger partial charge in [-0.1, -0.05) is 87.3 Å². The molecule has 0 aromatic heterocycles. The second kappa shape index (κ2) is 23.9. The molecule has 4 heterocycles. The van der Waals surface area contributed by atoms with E-state index in [1.54, 1.807) is 50.2 Å². The molecule has 14 nitrogen and oxygen atoms in total. The number of carbonyl (C=O) groups is 2.